The van der Waals surface area contributed by atoms with Gasteiger partial charge in [-0.3, -0.25) is 0 Å². The van der Waals surface area contributed by atoms with Gasteiger partial charge in [-0.15, -0.1) is 0 Å². The number of nitrogens with one attached hydrogen (secondary N) is 1. The Bertz CT molecular complexity index is 411. The van der Waals surface area contributed by atoms with Crippen molar-refractivity contribution in [1.82, 2.24) is 5.32 Å². The monoisotopic (exact) mass is 251 g/mol. The molecular weight excluding hydrogens is 229 g/mol. The summed E-state index contributed by atoms with van der Waals surface area (Å²) < 4.78 is 19.1. The van der Waals surface area contributed by atoms with E-state index in [9.17, 15) is 4.39 Å². The molecule has 1 saturated heterocycles. The largest absolute Gasteiger partial charge is 0.496 e. The molecule has 1 aliphatic rings. The first-order valence-electron chi connectivity index (χ1n) is 6.71. The number of hydrogen-bond donors (Lipinski definition) is 1. The molecular formula is C15H22FNO. The predicted molar refractivity (Wildman–Crippen MR) is 71.9 cm³/mol. The molecule has 1 heterocycles. The SMILES string of the molecule is COc1cc(F)cc(C2CCNCC2)c1C(C)C. The van der Waals surface area contributed by atoms with Gasteiger partial charge in [-0.25, -0.2) is 4.39 Å². The lowest BCUT2D eigenvalue weighted by Gasteiger charge is -2.27. The molecule has 0 bridgehead atoms. The van der Waals surface area contributed by atoms with Gasteiger partial charge in [-0.2, -0.15) is 0 Å². The summed E-state index contributed by atoms with van der Waals surface area (Å²) in [7, 11) is 1.62. The van der Waals surface area contributed by atoms with E-state index in [-0.39, 0.29) is 5.82 Å². The summed E-state index contributed by atoms with van der Waals surface area (Å²) in [5.41, 5.74) is 2.31. The fourth-order valence-corrected chi connectivity index (χ4v) is 2.87. The predicted octanol–water partition coefficient (Wildman–Crippen LogP) is 3.42. The summed E-state index contributed by atoms with van der Waals surface area (Å²) in [6, 6.07) is 3.20. The number of methoxy groups -OCH3 is 1. The first-order chi connectivity index (χ1) is 8.63. The second-order valence-electron chi connectivity index (χ2n) is 5.29. The molecule has 0 aromatic heterocycles. The summed E-state index contributed by atoms with van der Waals surface area (Å²) >= 11 is 0. The zero-order valence-corrected chi connectivity index (χ0v) is 11.4. The van der Waals surface area contributed by atoms with Crippen LogP contribution in [-0.2, 0) is 0 Å². The van der Waals surface area contributed by atoms with E-state index in [1.807, 2.05) is 0 Å². The third kappa shape index (κ3) is 2.66. The highest BCUT2D eigenvalue weighted by Gasteiger charge is 2.23. The lowest BCUT2D eigenvalue weighted by molar-refractivity contribution is 0.397. The van der Waals surface area contributed by atoms with Crippen molar-refractivity contribution in [2.24, 2.45) is 0 Å². The van der Waals surface area contributed by atoms with Crippen molar-refractivity contribution in [3.63, 3.8) is 0 Å². The van der Waals surface area contributed by atoms with Crippen LogP contribution in [0.3, 0.4) is 0 Å². The van der Waals surface area contributed by atoms with Gasteiger partial charge in [-0.05, 0) is 49.4 Å². The third-order valence-corrected chi connectivity index (χ3v) is 3.72. The normalized spacial score (nSPS) is 17.2. The maximum Gasteiger partial charge on any atom is 0.127 e. The van der Waals surface area contributed by atoms with Crippen LogP contribution in [0.2, 0.25) is 0 Å². The van der Waals surface area contributed by atoms with Crippen LogP contribution in [0.5, 0.6) is 5.75 Å². The summed E-state index contributed by atoms with van der Waals surface area (Å²) in [6.07, 6.45) is 2.15. The van der Waals surface area contributed by atoms with Crippen molar-refractivity contribution in [1.29, 1.82) is 0 Å². The molecule has 0 radical (unpaired) electrons. The van der Waals surface area contributed by atoms with Crippen LogP contribution >= 0.6 is 0 Å². The highest BCUT2D eigenvalue weighted by Crippen LogP contribution is 2.38. The maximum absolute atomic E-state index is 13.7. The van der Waals surface area contributed by atoms with Gasteiger partial charge in [0.1, 0.15) is 11.6 Å². The Morgan fingerprint density at radius 2 is 1.94 bits per heavy atom. The number of rotatable bonds is 3. The lowest BCUT2D eigenvalue weighted by Crippen LogP contribution is -2.27. The van der Waals surface area contributed by atoms with Gasteiger partial charge >= 0.3 is 0 Å². The van der Waals surface area contributed by atoms with Crippen molar-refractivity contribution >= 4 is 0 Å². The molecule has 0 atom stereocenters. The number of halogens is 1. The van der Waals surface area contributed by atoms with Gasteiger partial charge in [-0.1, -0.05) is 13.8 Å². The Labute approximate surface area is 109 Å². The Hall–Kier alpha value is -1.09. The van der Waals surface area contributed by atoms with Crippen LogP contribution in [0.1, 0.15) is 49.7 Å². The average Bonchev–Trinajstić information content (AvgIpc) is 2.38. The first kappa shape index (κ1) is 13.3. The Kier molecular flexibility index (Phi) is 4.23. The Balaban J connectivity index is 2.45. The summed E-state index contributed by atoms with van der Waals surface area (Å²) in [6.45, 7) is 6.31. The van der Waals surface area contributed by atoms with Crippen LogP contribution in [0.4, 0.5) is 4.39 Å². The van der Waals surface area contributed by atoms with Gasteiger partial charge in [0.15, 0.2) is 0 Å². The van der Waals surface area contributed by atoms with Crippen molar-refractivity contribution < 1.29 is 9.13 Å². The maximum atomic E-state index is 13.7. The first-order valence-corrected chi connectivity index (χ1v) is 6.71. The number of ether oxygens (including phenoxy) is 1. The number of hydrogen-bond acceptors (Lipinski definition) is 2. The molecule has 0 spiro atoms. The van der Waals surface area contributed by atoms with Crippen LogP contribution in [-0.4, -0.2) is 20.2 Å². The molecule has 1 fully saturated rings. The third-order valence-electron chi connectivity index (χ3n) is 3.72. The second-order valence-corrected chi connectivity index (χ2v) is 5.29. The van der Waals surface area contributed by atoms with Crippen molar-refractivity contribution in [2.45, 2.75) is 38.5 Å². The Morgan fingerprint density at radius 3 is 2.50 bits per heavy atom. The van der Waals surface area contributed by atoms with Crippen molar-refractivity contribution in [2.75, 3.05) is 20.2 Å². The van der Waals surface area contributed by atoms with Gasteiger partial charge in [0, 0.05) is 11.6 Å². The van der Waals surface area contributed by atoms with Crippen LogP contribution < -0.4 is 10.1 Å². The highest BCUT2D eigenvalue weighted by molar-refractivity contribution is 5.45. The van der Waals surface area contributed by atoms with E-state index >= 15 is 0 Å². The minimum absolute atomic E-state index is 0.190. The summed E-state index contributed by atoms with van der Waals surface area (Å²) in [5.74, 6) is 1.31. The van der Waals surface area contributed by atoms with E-state index < -0.39 is 0 Å². The standard InChI is InChI=1S/C15H22FNO/c1-10(2)15-13(11-4-6-17-7-5-11)8-12(16)9-14(15)18-3/h8-11,17H,4-7H2,1-3H3. The van der Waals surface area contributed by atoms with E-state index in [0.717, 1.165) is 31.5 Å². The molecule has 1 aromatic rings. The van der Waals surface area contributed by atoms with Gasteiger partial charge < -0.3 is 10.1 Å². The van der Waals surface area contributed by atoms with Crippen LogP contribution in [0.15, 0.2) is 12.1 Å². The molecule has 1 aromatic carbocycles. The van der Waals surface area contributed by atoms with E-state index in [1.54, 1.807) is 13.2 Å². The zero-order valence-electron chi connectivity index (χ0n) is 11.4. The van der Waals surface area contributed by atoms with E-state index in [0.29, 0.717) is 17.6 Å². The molecule has 2 rings (SSSR count). The van der Waals surface area contributed by atoms with E-state index in [2.05, 4.69) is 19.2 Å². The Morgan fingerprint density at radius 1 is 1.28 bits per heavy atom. The summed E-state index contributed by atoms with van der Waals surface area (Å²) in [5, 5.41) is 3.35. The molecule has 0 saturated carbocycles. The highest BCUT2D eigenvalue weighted by atomic mass is 19.1. The molecule has 18 heavy (non-hydrogen) atoms. The van der Waals surface area contributed by atoms with E-state index in [4.69, 9.17) is 4.74 Å². The summed E-state index contributed by atoms with van der Waals surface area (Å²) in [4.78, 5) is 0. The van der Waals surface area contributed by atoms with Crippen LogP contribution in [0, 0.1) is 5.82 Å². The molecule has 100 valence electrons. The van der Waals surface area contributed by atoms with Crippen LogP contribution in [0.25, 0.3) is 0 Å². The molecule has 1 aliphatic heterocycles. The van der Waals surface area contributed by atoms with Crippen molar-refractivity contribution in [3.05, 3.63) is 29.1 Å². The quantitative estimate of drug-likeness (QED) is 0.888. The number of piperidine rings is 1. The molecule has 3 heteroatoms. The average molecular weight is 251 g/mol. The fourth-order valence-electron chi connectivity index (χ4n) is 2.87. The van der Waals surface area contributed by atoms with Gasteiger partial charge in [0.05, 0.1) is 7.11 Å². The molecule has 0 amide bonds. The van der Waals surface area contributed by atoms with Gasteiger partial charge in [0.2, 0.25) is 0 Å². The minimum atomic E-state index is -0.190. The smallest absolute Gasteiger partial charge is 0.127 e. The van der Waals surface area contributed by atoms with Gasteiger partial charge in [0.25, 0.3) is 0 Å². The molecule has 0 aliphatic carbocycles. The fraction of sp³-hybridized carbons (Fsp3) is 0.600. The number of benzene rings is 1. The van der Waals surface area contributed by atoms with Crippen molar-refractivity contribution in [3.8, 4) is 5.75 Å². The molecule has 1 N–H and O–H groups in total. The zero-order chi connectivity index (χ0) is 13.1. The lowest BCUT2D eigenvalue weighted by atomic mass is 9.83. The second kappa shape index (κ2) is 5.70. The van der Waals surface area contributed by atoms with E-state index in [1.165, 1.54) is 11.6 Å². The molecule has 2 nitrogen and oxygen atoms in total. The topological polar surface area (TPSA) is 21.3 Å². The molecule has 0 unspecified atom stereocenters. The minimum Gasteiger partial charge on any atom is -0.496 e.